The number of halogens is 2. The van der Waals surface area contributed by atoms with Gasteiger partial charge in [0.1, 0.15) is 35.4 Å². The van der Waals surface area contributed by atoms with Crippen LogP contribution >= 0.6 is 11.6 Å². The molecule has 3 N–H and O–H groups in total. The number of hydrogen-bond donors (Lipinski definition) is 2. The third kappa shape index (κ3) is 3.28. The Morgan fingerprint density at radius 2 is 2.09 bits per heavy atom. The molecular formula is C22H22ClFN6O2. The number of fused-ring (bicyclic) bond motifs is 2. The van der Waals surface area contributed by atoms with Crippen molar-refractivity contribution in [3.63, 3.8) is 0 Å². The third-order valence-electron chi connectivity index (χ3n) is 6.07. The first-order chi connectivity index (χ1) is 15.2. The molecule has 2 aliphatic rings. The Balaban J connectivity index is 1.65. The number of rotatable bonds is 3. The topological polar surface area (TPSA) is 102 Å². The number of benzene rings is 2. The number of ether oxygens (including phenoxy) is 1. The van der Waals surface area contributed by atoms with Gasteiger partial charge in [-0.1, -0.05) is 17.7 Å². The maximum atomic E-state index is 14.0. The molecule has 5 rings (SSSR count). The molecular weight excluding hydrogens is 435 g/mol. The van der Waals surface area contributed by atoms with Crippen LogP contribution < -0.4 is 10.5 Å². The highest BCUT2D eigenvalue weighted by Crippen LogP contribution is 2.51. The van der Waals surface area contributed by atoms with Crippen LogP contribution in [0.4, 0.5) is 4.39 Å². The lowest BCUT2D eigenvalue weighted by Crippen LogP contribution is -2.54. The van der Waals surface area contributed by atoms with Crippen molar-refractivity contribution < 1.29 is 14.2 Å². The average molecular weight is 457 g/mol. The fourth-order valence-electron chi connectivity index (χ4n) is 4.69. The molecule has 10 heteroatoms. The van der Waals surface area contributed by atoms with E-state index in [0.717, 1.165) is 5.56 Å². The van der Waals surface area contributed by atoms with Crippen LogP contribution in [0, 0.1) is 5.82 Å². The van der Waals surface area contributed by atoms with Crippen molar-refractivity contribution in [3.05, 3.63) is 65.5 Å². The van der Waals surface area contributed by atoms with E-state index in [9.17, 15) is 9.50 Å². The van der Waals surface area contributed by atoms with Gasteiger partial charge in [0.05, 0.1) is 6.54 Å². The first kappa shape index (κ1) is 20.7. The molecule has 3 aromatic rings. The van der Waals surface area contributed by atoms with E-state index >= 15 is 0 Å². The quantitative estimate of drug-likeness (QED) is 0.628. The highest BCUT2D eigenvalue weighted by atomic mass is 35.5. The van der Waals surface area contributed by atoms with Gasteiger partial charge in [0, 0.05) is 24.1 Å². The van der Waals surface area contributed by atoms with Crippen molar-refractivity contribution in [2.45, 2.75) is 37.3 Å². The number of nitrogens with two attached hydrogens (primary N) is 1. The van der Waals surface area contributed by atoms with Gasteiger partial charge >= 0.3 is 0 Å². The number of guanidine groups is 1. The molecule has 0 saturated carbocycles. The molecule has 0 aliphatic carbocycles. The maximum absolute atomic E-state index is 14.0. The number of likely N-dealkylation sites (N-methyl/N-ethyl adjacent to an activating group) is 1. The van der Waals surface area contributed by atoms with E-state index in [1.807, 2.05) is 19.1 Å². The van der Waals surface area contributed by atoms with Crippen LogP contribution in [0.5, 0.6) is 5.75 Å². The molecule has 3 unspecified atom stereocenters. The molecule has 3 heterocycles. The van der Waals surface area contributed by atoms with Crippen molar-refractivity contribution in [2.24, 2.45) is 10.7 Å². The number of aliphatic hydroxyl groups excluding tert-OH is 1. The van der Waals surface area contributed by atoms with Gasteiger partial charge in [-0.2, -0.15) is 5.10 Å². The summed E-state index contributed by atoms with van der Waals surface area (Å²) in [6.45, 7) is 2.34. The van der Waals surface area contributed by atoms with Crippen molar-refractivity contribution >= 4 is 17.6 Å². The van der Waals surface area contributed by atoms with E-state index in [1.54, 1.807) is 30.2 Å². The fraction of sp³-hybridized carbons (Fsp3) is 0.318. The summed E-state index contributed by atoms with van der Waals surface area (Å²) in [5, 5.41) is 15.7. The van der Waals surface area contributed by atoms with E-state index in [4.69, 9.17) is 27.1 Å². The summed E-state index contributed by atoms with van der Waals surface area (Å²) in [5.74, 6) is 0.364. The second-order valence-corrected chi connectivity index (χ2v) is 9.01. The first-order valence-corrected chi connectivity index (χ1v) is 10.5. The lowest BCUT2D eigenvalue weighted by Gasteiger charge is -2.45. The van der Waals surface area contributed by atoms with Gasteiger partial charge in [0.15, 0.2) is 12.2 Å². The molecule has 3 atom stereocenters. The lowest BCUT2D eigenvalue weighted by molar-refractivity contribution is -0.0551. The predicted octanol–water partition coefficient (Wildman–Crippen LogP) is 2.75. The molecule has 0 saturated heterocycles. The van der Waals surface area contributed by atoms with E-state index in [0.29, 0.717) is 34.9 Å². The number of nitrogens with zero attached hydrogens (tertiary/aromatic N) is 5. The van der Waals surface area contributed by atoms with Crippen LogP contribution in [0.25, 0.3) is 11.1 Å². The Kier molecular flexibility index (Phi) is 4.65. The predicted molar refractivity (Wildman–Crippen MR) is 118 cm³/mol. The summed E-state index contributed by atoms with van der Waals surface area (Å²) in [7, 11) is 1.69. The Bertz CT molecular complexity index is 1200. The molecule has 166 valence electrons. The van der Waals surface area contributed by atoms with Gasteiger partial charge in [0.25, 0.3) is 0 Å². The van der Waals surface area contributed by atoms with E-state index in [2.05, 4.69) is 10.1 Å². The summed E-state index contributed by atoms with van der Waals surface area (Å²) in [5.41, 5.74) is 6.31. The minimum atomic E-state index is -1.07. The zero-order valence-corrected chi connectivity index (χ0v) is 18.3. The summed E-state index contributed by atoms with van der Waals surface area (Å²) in [6.07, 6.45) is 2.40. The van der Waals surface area contributed by atoms with Crippen molar-refractivity contribution in [2.75, 3.05) is 7.05 Å². The summed E-state index contributed by atoms with van der Waals surface area (Å²) >= 11 is 6.07. The molecule has 1 aromatic heterocycles. The molecule has 0 fully saturated rings. The Morgan fingerprint density at radius 3 is 2.75 bits per heavy atom. The Hall–Kier alpha value is -3.17. The molecule has 0 radical (unpaired) electrons. The molecule has 2 aromatic carbocycles. The smallest absolute Gasteiger partial charge is 0.194 e. The normalized spacial score (nSPS) is 26.7. The highest BCUT2D eigenvalue weighted by Gasteiger charge is 2.56. The second-order valence-electron chi connectivity index (χ2n) is 8.57. The molecule has 1 spiro atoms. The van der Waals surface area contributed by atoms with Crippen LogP contribution in [0.15, 0.2) is 54.0 Å². The van der Waals surface area contributed by atoms with Crippen molar-refractivity contribution in [1.29, 1.82) is 0 Å². The molecule has 32 heavy (non-hydrogen) atoms. The van der Waals surface area contributed by atoms with Gasteiger partial charge in [-0.25, -0.2) is 19.0 Å². The minimum absolute atomic E-state index is 0.229. The monoisotopic (exact) mass is 456 g/mol. The summed E-state index contributed by atoms with van der Waals surface area (Å²) in [4.78, 5) is 10.3. The van der Waals surface area contributed by atoms with Gasteiger partial charge in [-0.3, -0.25) is 0 Å². The van der Waals surface area contributed by atoms with E-state index in [-0.39, 0.29) is 5.96 Å². The van der Waals surface area contributed by atoms with Crippen LogP contribution in [-0.4, -0.2) is 49.6 Å². The number of aromatic nitrogens is 3. The average Bonchev–Trinajstić information content (AvgIpc) is 3.30. The molecule has 8 nitrogen and oxygen atoms in total. The summed E-state index contributed by atoms with van der Waals surface area (Å²) in [6, 6.07) is 9.84. The molecule has 0 amide bonds. The second kappa shape index (κ2) is 7.18. The van der Waals surface area contributed by atoms with Gasteiger partial charge < -0.3 is 20.5 Å². The van der Waals surface area contributed by atoms with Gasteiger partial charge in [-0.15, -0.1) is 0 Å². The van der Waals surface area contributed by atoms with E-state index in [1.165, 1.54) is 23.4 Å². The van der Waals surface area contributed by atoms with Crippen LogP contribution in [-0.2, 0) is 12.1 Å². The molecule has 0 bridgehead atoms. The van der Waals surface area contributed by atoms with Crippen LogP contribution in [0.3, 0.4) is 0 Å². The number of aliphatic imine (C=N–C) groups is 1. The zero-order valence-electron chi connectivity index (χ0n) is 17.5. The van der Waals surface area contributed by atoms with Crippen LogP contribution in [0.2, 0.25) is 5.02 Å². The fourth-order valence-corrected chi connectivity index (χ4v) is 4.91. The summed E-state index contributed by atoms with van der Waals surface area (Å²) < 4.78 is 22.1. The minimum Gasteiger partial charge on any atom is -0.485 e. The molecule has 2 aliphatic heterocycles. The van der Waals surface area contributed by atoms with Crippen LogP contribution in [0.1, 0.15) is 18.9 Å². The van der Waals surface area contributed by atoms with Gasteiger partial charge in [-0.05, 0) is 48.4 Å². The zero-order chi connectivity index (χ0) is 22.7. The highest BCUT2D eigenvalue weighted by molar-refractivity contribution is 6.30. The van der Waals surface area contributed by atoms with Crippen molar-refractivity contribution in [1.82, 2.24) is 19.7 Å². The SMILES string of the molecule is CN1C(N)=NC2(CC(C)(Cn3cncn3)Oc3ccc(-c4cc(F)cc(Cl)c4)cc32)C1O. The Morgan fingerprint density at radius 1 is 1.28 bits per heavy atom. The maximum Gasteiger partial charge on any atom is 0.194 e. The van der Waals surface area contributed by atoms with E-state index < -0.39 is 23.2 Å². The van der Waals surface area contributed by atoms with Crippen molar-refractivity contribution in [3.8, 4) is 16.9 Å². The third-order valence-corrected chi connectivity index (χ3v) is 6.29. The Labute approximate surface area is 189 Å². The number of hydrogen-bond acceptors (Lipinski definition) is 7. The standard InChI is InChI=1S/C22H22ClFN6O2/c1-21(10-30-12-26-11-27-30)9-22(19(31)29(2)20(25)28-22)17-7-13(3-4-18(17)32-21)14-5-15(23)8-16(24)6-14/h3-8,11-12,19,31H,9-10H2,1-2H3,(H2,25,28). The lowest BCUT2D eigenvalue weighted by atomic mass is 9.75. The number of aliphatic hydroxyl groups is 1. The first-order valence-electron chi connectivity index (χ1n) is 10.1. The largest absolute Gasteiger partial charge is 0.485 e. The van der Waals surface area contributed by atoms with Gasteiger partial charge in [0.2, 0.25) is 0 Å².